The minimum absolute atomic E-state index is 0.00805. The minimum atomic E-state index is -3.74. The summed E-state index contributed by atoms with van der Waals surface area (Å²) in [6.45, 7) is 1.27. The molecule has 172 valence electrons. The van der Waals surface area contributed by atoms with E-state index in [-0.39, 0.29) is 16.8 Å². The largest absolute Gasteiger partial charge is 0.495 e. The number of hydrogen-bond acceptors (Lipinski definition) is 7. The number of aromatic nitrogens is 1. The van der Waals surface area contributed by atoms with Crippen LogP contribution in [0, 0.1) is 0 Å². The molecule has 1 N–H and O–H groups in total. The fraction of sp³-hybridized carbons (Fsp3) is 0.273. The highest BCUT2D eigenvalue weighted by molar-refractivity contribution is 7.93. The molecule has 2 aromatic carbocycles. The van der Waals surface area contributed by atoms with E-state index in [1.54, 1.807) is 29.5 Å². The SMILES string of the molecule is COc1ccc2c(c1Cl)CCN2[C@H]1CCN(c2ccc(S(=O)(=O)Nc3nccs3)cc2)C1=O. The maximum atomic E-state index is 13.3. The van der Waals surface area contributed by atoms with Crippen LogP contribution in [0.25, 0.3) is 0 Å². The lowest BCUT2D eigenvalue weighted by atomic mass is 10.1. The number of fused-ring (bicyclic) bond motifs is 1. The summed E-state index contributed by atoms with van der Waals surface area (Å²) in [6, 6.07) is 9.83. The summed E-state index contributed by atoms with van der Waals surface area (Å²) in [6.07, 6.45) is 2.96. The van der Waals surface area contributed by atoms with Gasteiger partial charge in [0.2, 0.25) is 5.91 Å². The number of rotatable bonds is 6. The Morgan fingerprint density at radius 3 is 2.67 bits per heavy atom. The lowest BCUT2D eigenvalue weighted by molar-refractivity contribution is -0.118. The normalized spacial score (nSPS) is 18.0. The Labute approximate surface area is 200 Å². The number of benzene rings is 2. The van der Waals surface area contributed by atoms with Gasteiger partial charge in [0.15, 0.2) is 5.13 Å². The van der Waals surface area contributed by atoms with Gasteiger partial charge in [0.05, 0.1) is 17.0 Å². The van der Waals surface area contributed by atoms with Crippen LogP contribution >= 0.6 is 22.9 Å². The Morgan fingerprint density at radius 2 is 1.97 bits per heavy atom. The number of methoxy groups -OCH3 is 1. The van der Waals surface area contributed by atoms with Crippen LogP contribution < -0.4 is 19.3 Å². The Bertz CT molecular complexity index is 1300. The van der Waals surface area contributed by atoms with Crippen molar-refractivity contribution >= 4 is 55.4 Å². The topological polar surface area (TPSA) is 91.8 Å². The molecule has 3 aromatic rings. The van der Waals surface area contributed by atoms with Crippen molar-refractivity contribution in [1.82, 2.24) is 4.98 Å². The third kappa shape index (κ3) is 3.92. The molecule has 0 saturated carbocycles. The van der Waals surface area contributed by atoms with Gasteiger partial charge in [0.25, 0.3) is 10.0 Å². The highest BCUT2D eigenvalue weighted by atomic mass is 35.5. The molecule has 1 saturated heterocycles. The molecule has 1 atom stereocenters. The van der Waals surface area contributed by atoms with Gasteiger partial charge in [-0.05, 0) is 54.8 Å². The van der Waals surface area contributed by atoms with E-state index in [9.17, 15) is 13.2 Å². The number of anilines is 3. The number of halogens is 1. The second-order valence-electron chi connectivity index (χ2n) is 7.75. The summed E-state index contributed by atoms with van der Waals surface area (Å²) in [7, 11) is -2.15. The van der Waals surface area contributed by atoms with Crippen LogP contribution in [0.3, 0.4) is 0 Å². The van der Waals surface area contributed by atoms with Crippen molar-refractivity contribution in [2.24, 2.45) is 0 Å². The summed E-state index contributed by atoms with van der Waals surface area (Å²) in [4.78, 5) is 21.2. The molecular weight excluding hydrogens is 484 g/mol. The van der Waals surface area contributed by atoms with Crippen LogP contribution in [0.1, 0.15) is 12.0 Å². The van der Waals surface area contributed by atoms with Crippen molar-refractivity contribution < 1.29 is 17.9 Å². The Morgan fingerprint density at radius 1 is 1.18 bits per heavy atom. The van der Waals surface area contributed by atoms with Crippen LogP contribution in [0.5, 0.6) is 5.75 Å². The van der Waals surface area contributed by atoms with Gasteiger partial charge in [-0.25, -0.2) is 13.4 Å². The van der Waals surface area contributed by atoms with Crippen LogP contribution in [0.4, 0.5) is 16.5 Å². The first-order chi connectivity index (χ1) is 15.9. The Balaban J connectivity index is 1.33. The molecule has 0 aliphatic carbocycles. The molecule has 11 heteroatoms. The molecule has 8 nitrogen and oxygen atoms in total. The monoisotopic (exact) mass is 504 g/mol. The van der Waals surface area contributed by atoms with E-state index in [2.05, 4.69) is 14.6 Å². The van der Waals surface area contributed by atoms with E-state index in [0.29, 0.717) is 41.1 Å². The van der Waals surface area contributed by atoms with Crippen molar-refractivity contribution in [3.8, 4) is 5.75 Å². The minimum Gasteiger partial charge on any atom is -0.495 e. The lowest BCUT2D eigenvalue weighted by Crippen LogP contribution is -2.41. The van der Waals surface area contributed by atoms with Crippen LogP contribution in [0.2, 0.25) is 5.02 Å². The first-order valence-corrected chi connectivity index (χ1v) is 13.1. The number of carbonyl (C=O) groups excluding carboxylic acids is 1. The molecule has 0 unspecified atom stereocenters. The standard InChI is InChI=1S/C22H21ClN4O4S2/c1-31-19-7-6-17-16(20(19)23)8-11-27(17)18-9-12-26(21(18)28)14-2-4-15(5-3-14)33(29,30)25-22-24-10-13-32-22/h2-7,10,13,18H,8-9,11-12H2,1H3,(H,24,25)/t18-/m0/s1. The second kappa shape index (κ2) is 8.51. The summed E-state index contributed by atoms with van der Waals surface area (Å²) in [5, 5.41) is 2.60. The van der Waals surface area contributed by atoms with Gasteiger partial charge < -0.3 is 14.5 Å². The van der Waals surface area contributed by atoms with Gasteiger partial charge in [-0.2, -0.15) is 0 Å². The maximum Gasteiger partial charge on any atom is 0.263 e. The van der Waals surface area contributed by atoms with E-state index in [4.69, 9.17) is 16.3 Å². The van der Waals surface area contributed by atoms with Crippen molar-refractivity contribution in [3.63, 3.8) is 0 Å². The predicted octanol–water partition coefficient (Wildman–Crippen LogP) is 3.77. The zero-order valence-corrected chi connectivity index (χ0v) is 20.1. The summed E-state index contributed by atoms with van der Waals surface area (Å²) in [5.74, 6) is 0.627. The Hall–Kier alpha value is -2.82. The molecule has 1 amide bonds. The summed E-state index contributed by atoms with van der Waals surface area (Å²) in [5.41, 5.74) is 2.64. The van der Waals surface area contributed by atoms with Gasteiger partial charge in [0, 0.05) is 36.0 Å². The summed E-state index contributed by atoms with van der Waals surface area (Å²) < 4.78 is 32.9. The molecule has 33 heavy (non-hydrogen) atoms. The number of nitrogens with one attached hydrogen (secondary N) is 1. The second-order valence-corrected chi connectivity index (χ2v) is 10.7. The van der Waals surface area contributed by atoms with Gasteiger partial charge in [-0.15, -0.1) is 11.3 Å². The van der Waals surface area contributed by atoms with Crippen molar-refractivity contribution in [2.45, 2.75) is 23.8 Å². The van der Waals surface area contributed by atoms with E-state index < -0.39 is 10.0 Å². The highest BCUT2D eigenvalue weighted by Gasteiger charge is 2.39. The first kappa shape index (κ1) is 22.0. The fourth-order valence-corrected chi connectivity index (χ4v) is 6.51. The Kier molecular flexibility index (Phi) is 5.67. The van der Waals surface area contributed by atoms with Gasteiger partial charge in [0.1, 0.15) is 11.8 Å². The number of hydrogen-bond donors (Lipinski definition) is 1. The zero-order valence-electron chi connectivity index (χ0n) is 17.7. The van der Waals surface area contributed by atoms with Crippen molar-refractivity contribution in [3.05, 3.63) is 58.6 Å². The van der Waals surface area contributed by atoms with Crippen LogP contribution in [-0.2, 0) is 21.2 Å². The number of ether oxygens (including phenoxy) is 1. The maximum absolute atomic E-state index is 13.3. The predicted molar refractivity (Wildman–Crippen MR) is 129 cm³/mol. The van der Waals surface area contributed by atoms with Crippen molar-refractivity contribution in [2.75, 3.05) is 34.7 Å². The number of sulfonamides is 1. The van der Waals surface area contributed by atoms with E-state index >= 15 is 0 Å². The van der Waals surface area contributed by atoms with Gasteiger partial charge in [-0.3, -0.25) is 9.52 Å². The zero-order chi connectivity index (χ0) is 23.2. The molecule has 1 fully saturated rings. The van der Waals surface area contributed by atoms with E-state index in [0.717, 1.165) is 17.7 Å². The summed E-state index contributed by atoms with van der Waals surface area (Å²) >= 11 is 7.68. The number of carbonyl (C=O) groups is 1. The lowest BCUT2D eigenvalue weighted by Gasteiger charge is -2.26. The molecule has 0 spiro atoms. The highest BCUT2D eigenvalue weighted by Crippen LogP contribution is 2.41. The molecule has 1 aromatic heterocycles. The quantitative estimate of drug-likeness (QED) is 0.549. The average molecular weight is 505 g/mol. The van der Waals surface area contributed by atoms with Crippen molar-refractivity contribution in [1.29, 1.82) is 0 Å². The van der Waals surface area contributed by atoms with Gasteiger partial charge >= 0.3 is 0 Å². The third-order valence-electron chi connectivity index (χ3n) is 5.98. The molecular formula is C22H21ClN4O4S2. The molecule has 2 aliphatic rings. The third-order valence-corrected chi connectivity index (χ3v) is 8.57. The average Bonchev–Trinajstić information content (AvgIpc) is 3.54. The van der Waals surface area contributed by atoms with E-state index in [1.807, 2.05) is 12.1 Å². The number of nitrogens with zero attached hydrogens (tertiary/aromatic N) is 3. The molecule has 0 bridgehead atoms. The fourth-order valence-electron chi connectivity index (χ4n) is 4.39. The first-order valence-electron chi connectivity index (χ1n) is 10.3. The smallest absolute Gasteiger partial charge is 0.263 e. The van der Waals surface area contributed by atoms with E-state index in [1.165, 1.54) is 29.7 Å². The molecule has 3 heterocycles. The van der Waals surface area contributed by atoms with Crippen LogP contribution in [-0.4, -0.2) is 45.6 Å². The number of thiazole rings is 1. The molecule has 5 rings (SSSR count). The molecule has 2 aliphatic heterocycles. The van der Waals surface area contributed by atoms with Gasteiger partial charge in [-0.1, -0.05) is 11.6 Å². The number of amides is 1. The molecule has 0 radical (unpaired) electrons. The van der Waals surface area contributed by atoms with Crippen LogP contribution in [0.15, 0.2) is 52.9 Å².